The molecule has 0 bridgehead atoms. The Morgan fingerprint density at radius 1 is 1.22 bits per heavy atom. The normalized spacial score (nSPS) is 17.6. The van der Waals surface area contributed by atoms with Crippen LogP contribution in [0.2, 0.25) is 0 Å². The first kappa shape index (κ1) is 11.6. The minimum absolute atomic E-state index is 0.316. The van der Waals surface area contributed by atoms with Crippen molar-refractivity contribution in [3.8, 4) is 0 Å². The number of hydrogen-bond acceptors (Lipinski definition) is 3. The second kappa shape index (κ2) is 4.67. The lowest BCUT2D eigenvalue weighted by molar-refractivity contribution is -0.0991. The second-order valence-electron chi connectivity index (χ2n) is 5.40. The fraction of sp³-hybridized carbons (Fsp3) is 0.400. The van der Waals surface area contributed by atoms with Gasteiger partial charge in [0.2, 0.25) is 0 Å². The number of benzene rings is 1. The topological polar surface area (TPSA) is 34.2 Å². The first-order chi connectivity index (χ1) is 8.75. The minimum atomic E-state index is 0.316. The van der Waals surface area contributed by atoms with E-state index in [1.165, 1.54) is 5.39 Å². The van der Waals surface area contributed by atoms with Gasteiger partial charge in [-0.3, -0.25) is 4.98 Å². The molecule has 1 fully saturated rings. The molecular formula is C15H18N2O. The smallest absolute Gasteiger partial charge is 0.0705 e. The van der Waals surface area contributed by atoms with Crippen LogP contribution in [-0.2, 0) is 11.3 Å². The van der Waals surface area contributed by atoms with Gasteiger partial charge in [-0.25, -0.2) is 0 Å². The highest BCUT2D eigenvalue weighted by molar-refractivity contribution is 5.78. The quantitative estimate of drug-likeness (QED) is 0.893. The van der Waals surface area contributed by atoms with Crippen LogP contribution in [-0.4, -0.2) is 24.7 Å². The second-order valence-corrected chi connectivity index (χ2v) is 5.40. The SMILES string of the molecule is CC1(CNCc2ccc3ccccc3n2)COC1. The van der Waals surface area contributed by atoms with E-state index >= 15 is 0 Å². The van der Waals surface area contributed by atoms with Crippen molar-refractivity contribution < 1.29 is 4.74 Å². The zero-order valence-corrected chi connectivity index (χ0v) is 10.6. The van der Waals surface area contributed by atoms with Gasteiger partial charge in [-0.1, -0.05) is 31.2 Å². The van der Waals surface area contributed by atoms with Gasteiger partial charge in [-0.05, 0) is 12.1 Å². The summed E-state index contributed by atoms with van der Waals surface area (Å²) in [4.78, 5) is 4.64. The molecule has 3 rings (SSSR count). The van der Waals surface area contributed by atoms with E-state index in [2.05, 4.69) is 41.5 Å². The summed E-state index contributed by atoms with van der Waals surface area (Å²) in [5.74, 6) is 0. The molecule has 2 heterocycles. The molecule has 0 unspecified atom stereocenters. The molecule has 3 nitrogen and oxygen atoms in total. The molecule has 2 aromatic rings. The van der Waals surface area contributed by atoms with Crippen molar-refractivity contribution >= 4 is 10.9 Å². The van der Waals surface area contributed by atoms with Gasteiger partial charge in [0.15, 0.2) is 0 Å². The number of rotatable bonds is 4. The molecule has 0 saturated carbocycles. The summed E-state index contributed by atoms with van der Waals surface area (Å²) in [5.41, 5.74) is 2.48. The number of nitrogens with zero attached hydrogens (tertiary/aromatic N) is 1. The lowest BCUT2D eigenvalue weighted by Gasteiger charge is -2.38. The predicted molar refractivity (Wildman–Crippen MR) is 72.4 cm³/mol. The highest BCUT2D eigenvalue weighted by atomic mass is 16.5. The highest BCUT2D eigenvalue weighted by Crippen LogP contribution is 2.25. The first-order valence-electron chi connectivity index (χ1n) is 6.38. The van der Waals surface area contributed by atoms with E-state index in [0.717, 1.165) is 37.5 Å². The molecule has 1 saturated heterocycles. The maximum absolute atomic E-state index is 5.24. The molecule has 1 N–H and O–H groups in total. The predicted octanol–water partition coefficient (Wildman–Crippen LogP) is 2.36. The summed E-state index contributed by atoms with van der Waals surface area (Å²) < 4.78 is 5.24. The third-order valence-electron chi connectivity index (χ3n) is 3.42. The molecule has 94 valence electrons. The van der Waals surface area contributed by atoms with Crippen LogP contribution in [0.4, 0.5) is 0 Å². The van der Waals surface area contributed by atoms with Gasteiger partial charge in [0.1, 0.15) is 0 Å². The minimum Gasteiger partial charge on any atom is -0.380 e. The number of hydrogen-bond donors (Lipinski definition) is 1. The van der Waals surface area contributed by atoms with Crippen LogP contribution in [0.3, 0.4) is 0 Å². The summed E-state index contributed by atoms with van der Waals surface area (Å²) in [6.07, 6.45) is 0. The maximum atomic E-state index is 5.24. The van der Waals surface area contributed by atoms with Crippen LogP contribution >= 0.6 is 0 Å². The van der Waals surface area contributed by atoms with Gasteiger partial charge in [-0.15, -0.1) is 0 Å². The Morgan fingerprint density at radius 2 is 2.06 bits per heavy atom. The Kier molecular flexibility index (Phi) is 3.02. The van der Waals surface area contributed by atoms with Crippen LogP contribution in [0.25, 0.3) is 10.9 Å². The van der Waals surface area contributed by atoms with E-state index in [1.807, 2.05) is 12.1 Å². The summed E-state index contributed by atoms with van der Waals surface area (Å²) in [6.45, 7) is 5.79. The van der Waals surface area contributed by atoms with Crippen molar-refractivity contribution in [1.82, 2.24) is 10.3 Å². The lowest BCUT2D eigenvalue weighted by atomic mass is 9.89. The molecule has 18 heavy (non-hydrogen) atoms. The average Bonchev–Trinajstić information content (AvgIpc) is 2.37. The summed E-state index contributed by atoms with van der Waals surface area (Å²) >= 11 is 0. The average molecular weight is 242 g/mol. The third kappa shape index (κ3) is 2.37. The third-order valence-corrected chi connectivity index (χ3v) is 3.42. The molecule has 0 amide bonds. The van der Waals surface area contributed by atoms with E-state index in [1.54, 1.807) is 0 Å². The molecule has 0 radical (unpaired) electrons. The number of ether oxygens (including phenoxy) is 1. The summed E-state index contributed by atoms with van der Waals surface area (Å²) in [5, 5.41) is 4.66. The van der Waals surface area contributed by atoms with Crippen molar-refractivity contribution in [1.29, 1.82) is 0 Å². The Labute approximate surface area is 107 Å². The van der Waals surface area contributed by atoms with Gasteiger partial charge in [-0.2, -0.15) is 0 Å². The van der Waals surface area contributed by atoms with E-state index < -0.39 is 0 Å². The molecule has 1 aliphatic rings. The summed E-state index contributed by atoms with van der Waals surface area (Å²) in [6, 6.07) is 12.4. The number of para-hydroxylation sites is 1. The van der Waals surface area contributed by atoms with E-state index in [4.69, 9.17) is 4.74 Å². The fourth-order valence-corrected chi connectivity index (χ4v) is 2.25. The van der Waals surface area contributed by atoms with Gasteiger partial charge in [0.25, 0.3) is 0 Å². The molecule has 3 heteroatoms. The Bertz CT molecular complexity index is 549. The maximum Gasteiger partial charge on any atom is 0.0705 e. The Balaban J connectivity index is 1.64. The first-order valence-corrected chi connectivity index (χ1v) is 6.38. The van der Waals surface area contributed by atoms with Crippen molar-refractivity contribution in [2.24, 2.45) is 5.41 Å². The molecule has 0 atom stereocenters. The fourth-order valence-electron chi connectivity index (χ4n) is 2.25. The molecule has 1 aliphatic heterocycles. The van der Waals surface area contributed by atoms with E-state index in [-0.39, 0.29) is 0 Å². The number of nitrogens with one attached hydrogen (secondary N) is 1. The number of aromatic nitrogens is 1. The van der Waals surface area contributed by atoms with E-state index in [0.29, 0.717) is 5.41 Å². The zero-order valence-electron chi connectivity index (χ0n) is 10.6. The van der Waals surface area contributed by atoms with Crippen LogP contribution in [0.15, 0.2) is 36.4 Å². The van der Waals surface area contributed by atoms with E-state index in [9.17, 15) is 0 Å². The monoisotopic (exact) mass is 242 g/mol. The largest absolute Gasteiger partial charge is 0.380 e. The van der Waals surface area contributed by atoms with Crippen molar-refractivity contribution in [3.63, 3.8) is 0 Å². The van der Waals surface area contributed by atoms with Gasteiger partial charge in [0.05, 0.1) is 24.4 Å². The number of pyridine rings is 1. The Hall–Kier alpha value is -1.45. The standard InChI is InChI=1S/C15H18N2O/c1-15(10-18-11-15)9-16-8-13-7-6-12-4-2-3-5-14(12)17-13/h2-7,16H,8-11H2,1H3. The lowest BCUT2D eigenvalue weighted by Crippen LogP contribution is -2.47. The van der Waals surface area contributed by atoms with Crippen molar-refractivity contribution in [2.75, 3.05) is 19.8 Å². The van der Waals surface area contributed by atoms with Crippen molar-refractivity contribution in [2.45, 2.75) is 13.5 Å². The summed E-state index contributed by atoms with van der Waals surface area (Å²) in [7, 11) is 0. The van der Waals surface area contributed by atoms with Crippen LogP contribution in [0.1, 0.15) is 12.6 Å². The molecule has 1 aromatic heterocycles. The molecule has 1 aromatic carbocycles. The zero-order chi connectivity index (χ0) is 12.4. The van der Waals surface area contributed by atoms with Crippen LogP contribution in [0.5, 0.6) is 0 Å². The van der Waals surface area contributed by atoms with Gasteiger partial charge >= 0.3 is 0 Å². The highest BCUT2D eigenvalue weighted by Gasteiger charge is 2.32. The molecule has 0 spiro atoms. The van der Waals surface area contributed by atoms with Crippen LogP contribution in [0, 0.1) is 5.41 Å². The van der Waals surface area contributed by atoms with Crippen LogP contribution < -0.4 is 5.32 Å². The Morgan fingerprint density at radius 3 is 2.83 bits per heavy atom. The number of fused-ring (bicyclic) bond motifs is 1. The van der Waals surface area contributed by atoms with Gasteiger partial charge in [0, 0.05) is 23.9 Å². The molecule has 0 aliphatic carbocycles. The van der Waals surface area contributed by atoms with Gasteiger partial charge < -0.3 is 10.1 Å². The molecular weight excluding hydrogens is 224 g/mol. The van der Waals surface area contributed by atoms with Crippen molar-refractivity contribution in [3.05, 3.63) is 42.1 Å².